The molecule has 0 atom stereocenters. The van der Waals surface area contributed by atoms with Crippen molar-refractivity contribution in [1.82, 2.24) is 4.98 Å². The second-order valence-corrected chi connectivity index (χ2v) is 6.11. The van der Waals surface area contributed by atoms with E-state index in [0.29, 0.717) is 17.3 Å². The van der Waals surface area contributed by atoms with Gasteiger partial charge in [-0.25, -0.2) is 9.37 Å². The predicted molar refractivity (Wildman–Crippen MR) is 97.8 cm³/mol. The van der Waals surface area contributed by atoms with Crippen LogP contribution in [0.15, 0.2) is 47.8 Å². The molecule has 0 saturated carbocycles. The molecule has 0 bridgehead atoms. The van der Waals surface area contributed by atoms with Crippen LogP contribution in [0.4, 0.5) is 10.1 Å². The fraction of sp³-hybridized carbons (Fsp3) is 0.105. The number of rotatable bonds is 5. The minimum absolute atomic E-state index is 0.129. The number of anilines is 1. The van der Waals surface area contributed by atoms with E-state index < -0.39 is 11.7 Å². The molecule has 1 amide bonds. The molecule has 5 nitrogen and oxygen atoms in total. The highest BCUT2D eigenvalue weighted by molar-refractivity contribution is 7.13. The van der Waals surface area contributed by atoms with Gasteiger partial charge in [-0.05, 0) is 49.4 Å². The molecule has 3 rings (SSSR count). The van der Waals surface area contributed by atoms with Gasteiger partial charge in [0, 0.05) is 16.6 Å². The van der Waals surface area contributed by atoms with E-state index in [1.165, 1.54) is 23.5 Å². The molecule has 7 heteroatoms. The molecule has 0 fully saturated rings. The maximum absolute atomic E-state index is 13.3. The van der Waals surface area contributed by atoms with Crippen LogP contribution in [0.3, 0.4) is 0 Å². The van der Waals surface area contributed by atoms with Crippen molar-refractivity contribution < 1.29 is 13.9 Å². The summed E-state index contributed by atoms with van der Waals surface area (Å²) in [4.78, 5) is 16.7. The molecular weight excluding hydrogens is 353 g/mol. The number of aromatic nitrogens is 1. The lowest BCUT2D eigenvalue weighted by atomic mass is 10.2. The Kier molecular flexibility index (Phi) is 5.25. The van der Waals surface area contributed by atoms with Gasteiger partial charge < -0.3 is 10.1 Å². The molecule has 26 heavy (non-hydrogen) atoms. The molecular formula is C19H14FN3O2S. The van der Waals surface area contributed by atoms with E-state index in [2.05, 4.69) is 10.3 Å². The van der Waals surface area contributed by atoms with Gasteiger partial charge in [0.25, 0.3) is 5.91 Å². The average Bonchev–Trinajstić information content (AvgIpc) is 3.14. The van der Waals surface area contributed by atoms with E-state index in [1.54, 1.807) is 11.4 Å². The third kappa shape index (κ3) is 3.87. The highest BCUT2D eigenvalue weighted by Crippen LogP contribution is 2.26. The molecule has 130 valence electrons. The van der Waals surface area contributed by atoms with Gasteiger partial charge >= 0.3 is 0 Å². The first-order valence-electron chi connectivity index (χ1n) is 7.80. The van der Waals surface area contributed by atoms with Gasteiger partial charge in [-0.1, -0.05) is 0 Å². The van der Waals surface area contributed by atoms with E-state index in [-0.39, 0.29) is 11.3 Å². The molecule has 0 aliphatic heterocycles. The Hall–Kier alpha value is -3.24. The summed E-state index contributed by atoms with van der Waals surface area (Å²) in [5.41, 5.74) is 1.34. The molecule has 0 unspecified atom stereocenters. The summed E-state index contributed by atoms with van der Waals surface area (Å²) in [6.07, 6.45) is 0. The molecule has 0 radical (unpaired) electrons. The van der Waals surface area contributed by atoms with Crippen molar-refractivity contribution in [3.8, 4) is 22.4 Å². The highest BCUT2D eigenvalue weighted by atomic mass is 32.1. The number of amides is 1. The number of halogens is 1. The number of hydrogen-bond donors (Lipinski definition) is 1. The van der Waals surface area contributed by atoms with Gasteiger partial charge in [-0.15, -0.1) is 11.3 Å². The molecule has 0 aliphatic carbocycles. The van der Waals surface area contributed by atoms with E-state index in [9.17, 15) is 9.18 Å². The van der Waals surface area contributed by atoms with Crippen LogP contribution in [0.25, 0.3) is 10.6 Å². The standard InChI is InChI=1S/C19H14FN3O2S/c1-2-25-15-6-3-12(4-7-15)19-23-17(11-26-19)18(24)22-14-5-8-16(20)13(9-14)10-21/h3-9,11H,2H2,1H3,(H,22,24). The summed E-state index contributed by atoms with van der Waals surface area (Å²) in [6.45, 7) is 2.51. The summed E-state index contributed by atoms with van der Waals surface area (Å²) >= 11 is 1.35. The van der Waals surface area contributed by atoms with E-state index in [1.807, 2.05) is 31.2 Å². The molecule has 3 aromatic rings. The van der Waals surface area contributed by atoms with Crippen LogP contribution >= 0.6 is 11.3 Å². The number of nitrogens with zero attached hydrogens (tertiary/aromatic N) is 2. The van der Waals surface area contributed by atoms with Gasteiger partial charge in [0.2, 0.25) is 0 Å². The average molecular weight is 367 g/mol. The third-order valence-electron chi connectivity index (χ3n) is 3.49. The van der Waals surface area contributed by atoms with Crippen molar-refractivity contribution >= 4 is 22.9 Å². The monoisotopic (exact) mass is 367 g/mol. The summed E-state index contributed by atoms with van der Waals surface area (Å²) in [6, 6.07) is 13.0. The van der Waals surface area contributed by atoms with Crippen molar-refractivity contribution in [2.75, 3.05) is 11.9 Å². The van der Waals surface area contributed by atoms with Gasteiger partial charge in [0.1, 0.15) is 28.3 Å². The number of nitriles is 1. The Morgan fingerprint density at radius 2 is 2.08 bits per heavy atom. The maximum atomic E-state index is 13.3. The SMILES string of the molecule is CCOc1ccc(-c2nc(C(=O)Nc3ccc(F)c(C#N)c3)cs2)cc1. The maximum Gasteiger partial charge on any atom is 0.275 e. The van der Waals surface area contributed by atoms with Crippen LogP contribution in [-0.4, -0.2) is 17.5 Å². The largest absolute Gasteiger partial charge is 0.494 e. The molecule has 1 N–H and O–H groups in total. The molecule has 0 spiro atoms. The lowest BCUT2D eigenvalue weighted by Gasteiger charge is -2.04. The van der Waals surface area contributed by atoms with Crippen molar-refractivity contribution in [3.63, 3.8) is 0 Å². The van der Waals surface area contributed by atoms with Crippen molar-refractivity contribution in [2.45, 2.75) is 6.92 Å². The summed E-state index contributed by atoms with van der Waals surface area (Å²) in [5, 5.41) is 13.8. The first-order chi connectivity index (χ1) is 12.6. The minimum Gasteiger partial charge on any atom is -0.494 e. The Morgan fingerprint density at radius 1 is 1.31 bits per heavy atom. The quantitative estimate of drug-likeness (QED) is 0.722. The van der Waals surface area contributed by atoms with Crippen LogP contribution < -0.4 is 10.1 Å². The Bertz CT molecular complexity index is 977. The van der Waals surface area contributed by atoms with Crippen LogP contribution in [0.1, 0.15) is 23.0 Å². The molecule has 1 aromatic heterocycles. The second-order valence-electron chi connectivity index (χ2n) is 5.26. The normalized spacial score (nSPS) is 10.2. The van der Waals surface area contributed by atoms with Gasteiger partial charge in [0.05, 0.1) is 12.2 Å². The summed E-state index contributed by atoms with van der Waals surface area (Å²) in [7, 11) is 0. The summed E-state index contributed by atoms with van der Waals surface area (Å²) < 4.78 is 18.7. The lowest BCUT2D eigenvalue weighted by molar-refractivity contribution is 0.102. The highest BCUT2D eigenvalue weighted by Gasteiger charge is 2.13. The van der Waals surface area contributed by atoms with E-state index in [0.717, 1.165) is 17.4 Å². The van der Waals surface area contributed by atoms with Crippen LogP contribution in [0, 0.1) is 17.1 Å². The first kappa shape index (κ1) is 17.6. The van der Waals surface area contributed by atoms with Crippen LogP contribution in [0.5, 0.6) is 5.75 Å². The van der Waals surface area contributed by atoms with Crippen molar-refractivity contribution in [3.05, 3.63) is 64.9 Å². The topological polar surface area (TPSA) is 75.0 Å². The van der Waals surface area contributed by atoms with Gasteiger partial charge in [0.15, 0.2) is 0 Å². The number of ether oxygens (including phenoxy) is 1. The Labute approximate surface area is 153 Å². The zero-order chi connectivity index (χ0) is 18.5. The smallest absolute Gasteiger partial charge is 0.275 e. The fourth-order valence-corrected chi connectivity index (χ4v) is 3.06. The number of carbonyl (C=O) groups excluding carboxylic acids is 1. The number of thiazole rings is 1. The zero-order valence-corrected chi connectivity index (χ0v) is 14.6. The lowest BCUT2D eigenvalue weighted by Crippen LogP contribution is -2.12. The summed E-state index contributed by atoms with van der Waals surface area (Å²) in [5.74, 6) is -0.277. The van der Waals surface area contributed by atoms with E-state index >= 15 is 0 Å². The number of nitrogens with one attached hydrogen (secondary N) is 1. The number of hydrogen-bond acceptors (Lipinski definition) is 5. The Morgan fingerprint density at radius 3 is 2.77 bits per heavy atom. The molecule has 0 saturated heterocycles. The Balaban J connectivity index is 1.75. The van der Waals surface area contributed by atoms with Crippen molar-refractivity contribution in [2.24, 2.45) is 0 Å². The van der Waals surface area contributed by atoms with Crippen LogP contribution in [0.2, 0.25) is 0 Å². The fourth-order valence-electron chi connectivity index (χ4n) is 2.25. The number of carbonyl (C=O) groups is 1. The molecule has 2 aromatic carbocycles. The second kappa shape index (κ2) is 7.76. The van der Waals surface area contributed by atoms with E-state index in [4.69, 9.17) is 10.00 Å². The molecule has 0 aliphatic rings. The predicted octanol–water partition coefficient (Wildman–Crippen LogP) is 4.47. The van der Waals surface area contributed by atoms with Gasteiger partial charge in [-0.2, -0.15) is 5.26 Å². The minimum atomic E-state index is -0.628. The number of benzene rings is 2. The third-order valence-corrected chi connectivity index (χ3v) is 4.39. The van der Waals surface area contributed by atoms with Gasteiger partial charge in [-0.3, -0.25) is 4.79 Å². The first-order valence-corrected chi connectivity index (χ1v) is 8.68. The van der Waals surface area contributed by atoms with Crippen LogP contribution in [-0.2, 0) is 0 Å². The zero-order valence-electron chi connectivity index (χ0n) is 13.8. The van der Waals surface area contributed by atoms with Crippen molar-refractivity contribution in [1.29, 1.82) is 5.26 Å². The molecule has 1 heterocycles.